The van der Waals surface area contributed by atoms with Crippen LogP contribution in [-0.2, 0) is 0 Å². The van der Waals surface area contributed by atoms with Gasteiger partial charge in [0.25, 0.3) is 0 Å². The summed E-state index contributed by atoms with van der Waals surface area (Å²) >= 11 is 0. The molecule has 0 aromatic heterocycles. The van der Waals surface area contributed by atoms with Crippen LogP contribution >= 0.6 is 0 Å². The molecule has 2 nitrogen and oxygen atoms in total. The summed E-state index contributed by atoms with van der Waals surface area (Å²) in [4.78, 5) is 0. The Labute approximate surface area is 119 Å². The Balaban J connectivity index is 2.33. The van der Waals surface area contributed by atoms with Crippen LogP contribution in [0.25, 0.3) is 11.1 Å². The molecule has 0 aliphatic rings. The normalized spacial score (nSPS) is 12.5. The van der Waals surface area contributed by atoms with Crippen molar-refractivity contribution in [1.82, 2.24) is 0 Å². The Morgan fingerprint density at radius 2 is 1.65 bits per heavy atom. The molecule has 1 atom stereocenters. The first-order valence-corrected chi connectivity index (χ1v) is 6.79. The average molecular weight is 273 g/mol. The van der Waals surface area contributed by atoms with Gasteiger partial charge in [0.1, 0.15) is 11.6 Å². The maximum Gasteiger partial charge on any atom is 0.131 e. The third-order valence-corrected chi connectivity index (χ3v) is 3.05. The zero-order valence-electron chi connectivity index (χ0n) is 12.1. The van der Waals surface area contributed by atoms with Crippen molar-refractivity contribution in [1.29, 1.82) is 0 Å². The molecule has 0 aliphatic carbocycles. The van der Waals surface area contributed by atoms with Crippen LogP contribution in [-0.4, -0.2) is 6.10 Å². The fourth-order valence-electron chi connectivity index (χ4n) is 2.03. The van der Waals surface area contributed by atoms with Gasteiger partial charge in [-0.25, -0.2) is 4.39 Å². The minimum Gasteiger partial charge on any atom is -0.491 e. The minimum absolute atomic E-state index is 0.113. The van der Waals surface area contributed by atoms with Gasteiger partial charge in [-0.15, -0.1) is 0 Å². The van der Waals surface area contributed by atoms with Crippen molar-refractivity contribution in [2.45, 2.75) is 32.9 Å². The van der Waals surface area contributed by atoms with Crippen molar-refractivity contribution in [2.75, 3.05) is 0 Å². The second-order valence-corrected chi connectivity index (χ2v) is 5.22. The summed E-state index contributed by atoms with van der Waals surface area (Å²) < 4.78 is 19.5. The third kappa shape index (κ3) is 3.36. The van der Waals surface area contributed by atoms with E-state index in [1.54, 1.807) is 12.1 Å². The molecule has 3 heteroatoms. The molecule has 0 fully saturated rings. The lowest BCUT2D eigenvalue weighted by molar-refractivity contribution is 0.242. The van der Waals surface area contributed by atoms with Gasteiger partial charge in [0.05, 0.1) is 6.10 Å². The SMILES string of the molecule is CC(C)Oc1ccc(-c2cc(C(C)N)ccc2F)cc1. The van der Waals surface area contributed by atoms with E-state index in [1.807, 2.05) is 45.0 Å². The van der Waals surface area contributed by atoms with Gasteiger partial charge in [0.15, 0.2) is 0 Å². The summed E-state index contributed by atoms with van der Waals surface area (Å²) in [5.74, 6) is 0.541. The standard InChI is InChI=1S/C17H20FNO/c1-11(2)20-15-7-4-13(5-8-15)16-10-14(12(3)19)6-9-17(16)18/h4-12H,19H2,1-3H3. The molecule has 1 unspecified atom stereocenters. The second kappa shape index (κ2) is 6.06. The lowest BCUT2D eigenvalue weighted by Crippen LogP contribution is -2.06. The van der Waals surface area contributed by atoms with Crippen LogP contribution in [0.15, 0.2) is 42.5 Å². The predicted molar refractivity (Wildman–Crippen MR) is 80.2 cm³/mol. The lowest BCUT2D eigenvalue weighted by atomic mass is 10.00. The molecule has 0 radical (unpaired) electrons. The number of rotatable bonds is 4. The number of ether oxygens (including phenoxy) is 1. The maximum absolute atomic E-state index is 14.0. The van der Waals surface area contributed by atoms with Crippen LogP contribution in [0.2, 0.25) is 0 Å². The van der Waals surface area contributed by atoms with Crippen molar-refractivity contribution in [2.24, 2.45) is 5.73 Å². The van der Waals surface area contributed by atoms with Crippen molar-refractivity contribution >= 4 is 0 Å². The molecule has 0 aliphatic heterocycles. The molecule has 106 valence electrons. The molecule has 0 spiro atoms. The summed E-state index contributed by atoms with van der Waals surface area (Å²) in [5.41, 5.74) is 8.15. The first-order chi connectivity index (χ1) is 9.47. The Bertz CT molecular complexity index is 576. The van der Waals surface area contributed by atoms with E-state index in [-0.39, 0.29) is 18.0 Å². The van der Waals surface area contributed by atoms with Gasteiger partial charge in [0.2, 0.25) is 0 Å². The van der Waals surface area contributed by atoms with Gasteiger partial charge in [-0.3, -0.25) is 0 Å². The second-order valence-electron chi connectivity index (χ2n) is 5.22. The van der Waals surface area contributed by atoms with E-state index in [4.69, 9.17) is 10.5 Å². The van der Waals surface area contributed by atoms with E-state index in [0.29, 0.717) is 5.56 Å². The average Bonchev–Trinajstić information content (AvgIpc) is 2.39. The minimum atomic E-state index is -0.244. The van der Waals surface area contributed by atoms with Crippen LogP contribution in [0.4, 0.5) is 4.39 Å². The quantitative estimate of drug-likeness (QED) is 0.901. The molecule has 20 heavy (non-hydrogen) atoms. The van der Waals surface area contributed by atoms with Crippen molar-refractivity contribution in [3.63, 3.8) is 0 Å². The highest BCUT2D eigenvalue weighted by atomic mass is 19.1. The van der Waals surface area contributed by atoms with E-state index >= 15 is 0 Å². The topological polar surface area (TPSA) is 35.2 Å². The Morgan fingerprint density at radius 1 is 1.00 bits per heavy atom. The largest absolute Gasteiger partial charge is 0.491 e. The van der Waals surface area contributed by atoms with Crippen LogP contribution < -0.4 is 10.5 Å². The molecule has 0 amide bonds. The lowest BCUT2D eigenvalue weighted by Gasteiger charge is -2.12. The number of nitrogens with two attached hydrogens (primary N) is 1. The summed E-state index contributed by atoms with van der Waals surface area (Å²) in [6.45, 7) is 5.83. The van der Waals surface area contributed by atoms with Gasteiger partial charge in [0, 0.05) is 11.6 Å². The summed E-state index contributed by atoms with van der Waals surface area (Å²) in [7, 11) is 0. The van der Waals surface area contributed by atoms with Crippen LogP contribution in [0, 0.1) is 5.82 Å². The smallest absolute Gasteiger partial charge is 0.131 e. The van der Waals surface area contributed by atoms with Gasteiger partial charge >= 0.3 is 0 Å². The number of benzene rings is 2. The van der Waals surface area contributed by atoms with Crippen molar-refractivity contribution in [3.05, 3.63) is 53.8 Å². The summed E-state index contributed by atoms with van der Waals surface area (Å²) in [6, 6.07) is 12.3. The van der Waals surface area contributed by atoms with E-state index in [2.05, 4.69) is 0 Å². The molecule has 2 aromatic carbocycles. The Kier molecular flexibility index (Phi) is 4.40. The third-order valence-electron chi connectivity index (χ3n) is 3.05. The van der Waals surface area contributed by atoms with E-state index in [0.717, 1.165) is 16.9 Å². The molecule has 0 saturated heterocycles. The van der Waals surface area contributed by atoms with Gasteiger partial charge in [-0.05, 0) is 56.2 Å². The van der Waals surface area contributed by atoms with Crippen molar-refractivity contribution < 1.29 is 9.13 Å². The number of hydrogen-bond acceptors (Lipinski definition) is 2. The molecule has 0 bridgehead atoms. The van der Waals surface area contributed by atoms with E-state index in [9.17, 15) is 4.39 Å². The monoisotopic (exact) mass is 273 g/mol. The first-order valence-electron chi connectivity index (χ1n) is 6.79. The molecule has 2 rings (SSSR count). The summed E-state index contributed by atoms with van der Waals surface area (Å²) in [6.07, 6.45) is 0.124. The van der Waals surface area contributed by atoms with E-state index < -0.39 is 0 Å². The highest BCUT2D eigenvalue weighted by Crippen LogP contribution is 2.27. The molecule has 2 aromatic rings. The van der Waals surface area contributed by atoms with E-state index in [1.165, 1.54) is 6.07 Å². The highest BCUT2D eigenvalue weighted by molar-refractivity contribution is 5.65. The van der Waals surface area contributed by atoms with Gasteiger partial charge < -0.3 is 10.5 Å². The maximum atomic E-state index is 14.0. The molecule has 0 heterocycles. The van der Waals surface area contributed by atoms with Gasteiger partial charge in [-0.1, -0.05) is 18.2 Å². The molecular weight excluding hydrogens is 253 g/mol. The Morgan fingerprint density at radius 3 is 2.20 bits per heavy atom. The molecular formula is C17H20FNO. The van der Waals surface area contributed by atoms with Crippen molar-refractivity contribution in [3.8, 4) is 16.9 Å². The summed E-state index contributed by atoms with van der Waals surface area (Å²) in [5, 5.41) is 0. The molecule has 0 saturated carbocycles. The number of hydrogen-bond donors (Lipinski definition) is 1. The van der Waals surface area contributed by atoms with Crippen LogP contribution in [0.1, 0.15) is 32.4 Å². The zero-order chi connectivity index (χ0) is 14.7. The van der Waals surface area contributed by atoms with Crippen LogP contribution in [0.3, 0.4) is 0 Å². The Hall–Kier alpha value is -1.87. The molecule has 2 N–H and O–H groups in total. The fraction of sp³-hybridized carbons (Fsp3) is 0.294. The zero-order valence-corrected chi connectivity index (χ0v) is 12.1. The number of halogens is 1. The highest BCUT2D eigenvalue weighted by Gasteiger charge is 2.09. The fourth-order valence-corrected chi connectivity index (χ4v) is 2.03. The first kappa shape index (κ1) is 14.5. The predicted octanol–water partition coefficient (Wildman–Crippen LogP) is 4.30. The van der Waals surface area contributed by atoms with Gasteiger partial charge in [-0.2, -0.15) is 0 Å². The van der Waals surface area contributed by atoms with Crippen LogP contribution in [0.5, 0.6) is 5.75 Å².